The van der Waals surface area contributed by atoms with Crippen LogP contribution in [-0.2, 0) is 0 Å². The van der Waals surface area contributed by atoms with Gasteiger partial charge in [0, 0.05) is 12.1 Å². The van der Waals surface area contributed by atoms with Gasteiger partial charge >= 0.3 is 7.69 Å². The second-order valence-electron chi connectivity index (χ2n) is 8.01. The van der Waals surface area contributed by atoms with Crippen molar-refractivity contribution in [1.82, 2.24) is 30.4 Å². The number of nitrogens with zero attached hydrogens (tertiary/aromatic N) is 8. The number of pyridine rings is 3. The van der Waals surface area contributed by atoms with Crippen LogP contribution in [0.2, 0.25) is 20.2 Å². The number of halogens is 4. The second kappa shape index (κ2) is 18.0. The molecular weight excluding hydrogens is 711 g/mol. The Kier molecular flexibility index (Phi) is 13.8. The fourth-order valence-corrected chi connectivity index (χ4v) is 3.69. The Morgan fingerprint density at radius 3 is 1.62 bits per heavy atom. The highest BCUT2D eigenvalue weighted by atomic mass is 35.5. The van der Waals surface area contributed by atoms with Crippen molar-refractivity contribution in [3.8, 4) is 28.3 Å². The highest BCUT2D eigenvalue weighted by Gasteiger charge is 2.13. The topological polar surface area (TPSA) is 259 Å². The molecule has 3 N–H and O–H groups in total. The van der Waals surface area contributed by atoms with Crippen molar-refractivity contribution in [3.05, 3.63) is 115 Å². The molecule has 0 saturated heterocycles. The molecule has 23 heteroatoms. The van der Waals surface area contributed by atoms with E-state index in [1.165, 1.54) is 43.4 Å². The summed E-state index contributed by atoms with van der Waals surface area (Å²) in [5.41, 5.74) is 8.06. The lowest BCUT2D eigenvalue weighted by atomic mass is 10.2. The van der Waals surface area contributed by atoms with E-state index >= 15 is 0 Å². The Labute approximate surface area is 282 Å². The number of aromatic nitrogens is 6. The maximum atomic E-state index is 10.4. The highest BCUT2D eigenvalue weighted by molar-refractivity contribution is 6.41. The first-order chi connectivity index (χ1) is 22.5. The van der Waals surface area contributed by atoms with E-state index in [-0.39, 0.29) is 26.6 Å². The van der Waals surface area contributed by atoms with Gasteiger partial charge in [0.25, 0.3) is 11.4 Å². The number of nitrogens with two attached hydrogens (primary N) is 1. The first-order valence-corrected chi connectivity index (χ1v) is 13.5. The molecule has 0 spiro atoms. The van der Waals surface area contributed by atoms with Gasteiger partial charge in [-0.15, -0.1) is 0 Å². The molecule has 0 saturated carbocycles. The molecule has 0 atom stereocenters. The third-order valence-corrected chi connectivity index (χ3v) is 6.16. The zero-order valence-electron chi connectivity index (χ0n) is 22.9. The summed E-state index contributed by atoms with van der Waals surface area (Å²) in [5.74, 6) is 0.382. The summed E-state index contributed by atoms with van der Waals surface area (Å²) in [5, 5.41) is 39.8. The molecule has 1 radical (unpaired) electrons. The van der Waals surface area contributed by atoms with Crippen LogP contribution in [0.3, 0.4) is 0 Å². The fraction of sp³-hybridized carbons (Fsp3) is 0. The van der Waals surface area contributed by atoms with Crippen molar-refractivity contribution in [3.63, 3.8) is 0 Å². The Hall–Kier alpha value is -5.34. The van der Waals surface area contributed by atoms with Gasteiger partial charge in [-0.1, -0.05) is 61.9 Å². The van der Waals surface area contributed by atoms with E-state index in [0.29, 0.717) is 41.1 Å². The summed E-state index contributed by atoms with van der Waals surface area (Å²) in [6.45, 7) is 0. The quantitative estimate of drug-likeness (QED) is 0.0844. The minimum atomic E-state index is -0.588. The van der Waals surface area contributed by atoms with Crippen LogP contribution in [0.15, 0.2) is 87.7 Å². The molecule has 0 bridgehead atoms. The molecule has 47 heavy (non-hydrogen) atoms. The normalized spacial score (nSPS) is 9.81. The second-order valence-corrected chi connectivity index (χ2v) is 9.59. The third-order valence-electron chi connectivity index (χ3n) is 4.90. The number of anilines is 1. The molecule has 0 aliphatic rings. The lowest BCUT2D eigenvalue weighted by molar-refractivity contribution is -0.385. The van der Waals surface area contributed by atoms with Gasteiger partial charge in [0.15, 0.2) is 12.0 Å². The molecule has 0 aliphatic heterocycles. The zero-order valence-corrected chi connectivity index (χ0v) is 25.9. The van der Waals surface area contributed by atoms with Gasteiger partial charge in [-0.2, -0.15) is 0 Å². The molecule has 0 fully saturated rings. The monoisotopic (exact) mass is 724 g/mol. The SMILES string of the molecule is Nc1cnc(-c2cnoc2)c(Cl)c1.O=[N+]([O-])c1cnc(-c2cnoc2)c(Cl)c1.O=[N+]([O-])c1cnc(Cl)c(Cl)c1.O[B]Oc1cnoc1. The first-order valence-electron chi connectivity index (χ1n) is 12.0. The number of rotatable bonds is 6. The van der Waals surface area contributed by atoms with Crippen LogP contribution in [0.25, 0.3) is 22.5 Å². The Morgan fingerprint density at radius 2 is 1.19 bits per heavy atom. The Morgan fingerprint density at radius 1 is 0.702 bits per heavy atom. The minimum Gasteiger partial charge on any atom is -0.534 e. The highest BCUT2D eigenvalue weighted by Crippen LogP contribution is 2.28. The average Bonchev–Trinajstić information content (AvgIpc) is 3.85. The number of hydrogen-bond donors (Lipinski definition) is 2. The first kappa shape index (κ1) is 36.1. The molecule has 6 heterocycles. The van der Waals surface area contributed by atoms with Crippen molar-refractivity contribution in [2.45, 2.75) is 0 Å². The summed E-state index contributed by atoms with van der Waals surface area (Å²) < 4.78 is 18.1. The van der Waals surface area contributed by atoms with Gasteiger partial charge in [0.1, 0.15) is 36.3 Å². The van der Waals surface area contributed by atoms with Crippen molar-refractivity contribution in [2.75, 3.05) is 5.73 Å². The van der Waals surface area contributed by atoms with Crippen LogP contribution in [0.5, 0.6) is 5.75 Å². The van der Waals surface area contributed by atoms with Crippen LogP contribution in [0.1, 0.15) is 0 Å². The smallest absolute Gasteiger partial charge is 0.534 e. The van der Waals surface area contributed by atoms with Crippen molar-refractivity contribution < 1.29 is 33.1 Å². The van der Waals surface area contributed by atoms with Crippen LogP contribution >= 0.6 is 46.4 Å². The Balaban J connectivity index is 0.000000174. The van der Waals surface area contributed by atoms with Crippen molar-refractivity contribution in [2.24, 2.45) is 0 Å². The van der Waals surface area contributed by atoms with Gasteiger partial charge < -0.3 is 29.0 Å². The number of nitro groups is 2. The van der Waals surface area contributed by atoms with Crippen molar-refractivity contribution >= 4 is 71.2 Å². The summed E-state index contributed by atoms with van der Waals surface area (Å²) in [4.78, 5) is 30.8. The maximum Gasteiger partial charge on any atom is 0.569 e. The number of nitrogen functional groups attached to an aromatic ring is 1. The van der Waals surface area contributed by atoms with E-state index in [1.807, 2.05) is 0 Å². The molecule has 6 aromatic rings. The largest absolute Gasteiger partial charge is 0.569 e. The molecule has 241 valence electrons. The van der Waals surface area contributed by atoms with Crippen LogP contribution in [0.4, 0.5) is 17.1 Å². The van der Waals surface area contributed by atoms with E-state index in [1.54, 1.807) is 12.3 Å². The lowest BCUT2D eigenvalue weighted by Gasteiger charge is -1.99. The van der Waals surface area contributed by atoms with E-state index in [4.69, 9.17) is 57.2 Å². The van der Waals surface area contributed by atoms with Gasteiger partial charge in [0.2, 0.25) is 0 Å². The van der Waals surface area contributed by atoms with E-state index in [9.17, 15) is 20.2 Å². The predicted molar refractivity (Wildman–Crippen MR) is 167 cm³/mol. The Bertz CT molecular complexity index is 1890. The van der Waals surface area contributed by atoms with Crippen LogP contribution in [-0.4, -0.2) is 53.0 Å². The number of hydrogen-bond acceptors (Lipinski definition) is 16. The standard InChI is InChI=1S/C8H4ClN3O3.C8H6ClN3O.C5H2Cl2N2O2.C3H3BNO3/c9-7-1-6(12(13)14)3-10-8(7)5-2-11-15-4-5;9-7-1-6(10)3-11-8(7)5-2-12-13-4-5;6-4-1-3(9(10)11)2-8-5(4)7;6-4-8-3-1-5-7-2-3/h1-4H;1-4H,10H2;1-2H;1-2,6H. The molecule has 0 aromatic carbocycles. The fourth-order valence-electron chi connectivity index (χ4n) is 2.87. The van der Waals surface area contributed by atoms with Crippen LogP contribution < -0.4 is 10.4 Å². The molecule has 18 nitrogen and oxygen atoms in total. The van der Waals surface area contributed by atoms with E-state index in [0.717, 1.165) is 24.0 Å². The molecule has 6 aromatic heterocycles. The molecule has 0 unspecified atom stereocenters. The lowest BCUT2D eigenvalue weighted by Crippen LogP contribution is -1.97. The molecular formula is C24H15BCl4N9O9. The molecule has 6 rings (SSSR count). The van der Waals surface area contributed by atoms with Gasteiger partial charge in [0.05, 0.1) is 71.7 Å². The predicted octanol–water partition coefficient (Wildman–Crippen LogP) is 6.15. The average molecular weight is 726 g/mol. The summed E-state index contributed by atoms with van der Waals surface area (Å²) in [6, 6.07) is 4.02. The summed E-state index contributed by atoms with van der Waals surface area (Å²) in [6.07, 6.45) is 12.1. The summed E-state index contributed by atoms with van der Waals surface area (Å²) in [7, 11) is 0.562. The van der Waals surface area contributed by atoms with Crippen molar-refractivity contribution in [1.29, 1.82) is 0 Å². The van der Waals surface area contributed by atoms with Gasteiger partial charge in [-0.05, 0) is 6.07 Å². The van der Waals surface area contributed by atoms with Crippen LogP contribution in [0, 0.1) is 20.2 Å². The van der Waals surface area contributed by atoms with Gasteiger partial charge in [-0.25, -0.2) is 9.97 Å². The summed E-state index contributed by atoms with van der Waals surface area (Å²) >= 11 is 22.6. The van der Waals surface area contributed by atoms with E-state index < -0.39 is 9.85 Å². The maximum absolute atomic E-state index is 10.4. The molecule has 0 aliphatic carbocycles. The minimum absolute atomic E-state index is 0.0669. The zero-order chi connectivity index (χ0) is 34.3. The van der Waals surface area contributed by atoms with Gasteiger partial charge in [-0.3, -0.25) is 25.2 Å². The van der Waals surface area contributed by atoms with E-state index in [2.05, 4.69) is 48.6 Å². The third kappa shape index (κ3) is 11.2. The molecule has 0 amide bonds.